The number of carboxylic acid groups (broad SMARTS) is 1. The maximum Gasteiger partial charge on any atom is 0.326 e. The van der Waals surface area contributed by atoms with Gasteiger partial charge in [0.05, 0.1) is 19.2 Å². The molecule has 0 unspecified atom stereocenters. The van der Waals surface area contributed by atoms with Gasteiger partial charge < -0.3 is 35.4 Å². The molecule has 4 aromatic rings. The molecule has 1 aromatic carbocycles. The average molecular weight is 521 g/mol. The van der Waals surface area contributed by atoms with Gasteiger partial charge in [-0.3, -0.25) is 14.4 Å². The molecule has 0 bridgehead atoms. The molecule has 0 aliphatic heterocycles. The number of carbonyl (C=O) groups is 4. The van der Waals surface area contributed by atoms with E-state index in [0.717, 1.165) is 0 Å². The molecule has 3 amide bonds. The van der Waals surface area contributed by atoms with Gasteiger partial charge in [-0.15, -0.1) is 0 Å². The Kier molecular flexibility index (Phi) is 8.23. The molecule has 14 nitrogen and oxygen atoms in total. The highest BCUT2D eigenvalue weighted by atomic mass is 16.4. The van der Waals surface area contributed by atoms with Crippen LogP contribution in [0, 0.1) is 0 Å². The largest absolute Gasteiger partial charge is 0.480 e. The molecule has 0 spiro atoms. The standard InChI is InChI=1S/C24H24N8O6/c33-20(10-27-21(34)19-11-38-23(32-19)14-4-2-1-3-5-14)30-17(6-15-8-25-12-28-15)22(35)31-18(24(36)37)7-16-9-26-13-29-16/h1-5,8-9,11-13,17-18H,6-7,10H2,(H,25,28)(H,26,29)(H,27,34)(H,30,33)(H,31,35)(H,36,37)/t17-,18-/m0/s1. The third kappa shape index (κ3) is 6.90. The molecule has 0 saturated heterocycles. The second-order valence-electron chi connectivity index (χ2n) is 8.17. The summed E-state index contributed by atoms with van der Waals surface area (Å²) < 4.78 is 5.34. The van der Waals surface area contributed by atoms with Gasteiger partial charge in [0.25, 0.3) is 5.91 Å². The Morgan fingerprint density at radius 2 is 1.58 bits per heavy atom. The molecule has 0 saturated carbocycles. The minimum atomic E-state index is -1.27. The number of benzene rings is 1. The van der Waals surface area contributed by atoms with Crippen molar-refractivity contribution in [2.75, 3.05) is 6.54 Å². The SMILES string of the molecule is O=C(CNC(=O)c1coc(-c2ccccc2)n1)N[C@@H](Cc1cnc[nH]1)C(=O)N[C@@H](Cc1cnc[nH]1)C(=O)O. The maximum absolute atomic E-state index is 13.0. The number of imidazole rings is 2. The average Bonchev–Trinajstić information content (AvgIpc) is 3.70. The predicted molar refractivity (Wildman–Crippen MR) is 130 cm³/mol. The van der Waals surface area contributed by atoms with E-state index >= 15 is 0 Å². The van der Waals surface area contributed by atoms with Crippen LogP contribution >= 0.6 is 0 Å². The van der Waals surface area contributed by atoms with E-state index in [2.05, 4.69) is 40.9 Å². The molecule has 196 valence electrons. The van der Waals surface area contributed by atoms with Gasteiger partial charge in [-0.2, -0.15) is 0 Å². The van der Waals surface area contributed by atoms with Gasteiger partial charge in [-0.1, -0.05) is 18.2 Å². The summed E-state index contributed by atoms with van der Waals surface area (Å²) in [6, 6.07) is 6.56. The quantitative estimate of drug-likeness (QED) is 0.149. The lowest BCUT2D eigenvalue weighted by atomic mass is 10.1. The Morgan fingerprint density at radius 3 is 2.18 bits per heavy atom. The minimum absolute atomic E-state index is 0.00559. The fourth-order valence-corrected chi connectivity index (χ4v) is 3.50. The van der Waals surface area contributed by atoms with Gasteiger partial charge in [0.15, 0.2) is 5.69 Å². The normalized spacial score (nSPS) is 12.3. The number of rotatable bonds is 12. The lowest BCUT2D eigenvalue weighted by Crippen LogP contribution is -2.54. The van der Waals surface area contributed by atoms with E-state index in [4.69, 9.17) is 4.42 Å². The third-order valence-electron chi connectivity index (χ3n) is 5.39. The summed E-state index contributed by atoms with van der Waals surface area (Å²) >= 11 is 0. The van der Waals surface area contributed by atoms with E-state index in [1.54, 1.807) is 24.3 Å². The van der Waals surface area contributed by atoms with Crippen molar-refractivity contribution in [1.82, 2.24) is 40.9 Å². The molecule has 6 N–H and O–H groups in total. The first kappa shape index (κ1) is 25.8. The first-order valence-corrected chi connectivity index (χ1v) is 11.4. The van der Waals surface area contributed by atoms with Gasteiger partial charge in [-0.05, 0) is 12.1 Å². The molecule has 2 atom stereocenters. The van der Waals surface area contributed by atoms with Crippen molar-refractivity contribution in [3.63, 3.8) is 0 Å². The van der Waals surface area contributed by atoms with E-state index in [0.29, 0.717) is 17.0 Å². The number of aliphatic carboxylic acids is 1. The van der Waals surface area contributed by atoms with Crippen molar-refractivity contribution in [1.29, 1.82) is 0 Å². The summed E-state index contributed by atoms with van der Waals surface area (Å²) in [5.41, 5.74) is 1.71. The zero-order valence-corrected chi connectivity index (χ0v) is 19.9. The molecule has 38 heavy (non-hydrogen) atoms. The van der Waals surface area contributed by atoms with Crippen molar-refractivity contribution in [3.05, 3.63) is 78.7 Å². The Morgan fingerprint density at radius 1 is 0.921 bits per heavy atom. The van der Waals surface area contributed by atoms with Crippen molar-refractivity contribution in [2.45, 2.75) is 24.9 Å². The Bertz CT molecular complexity index is 1370. The second-order valence-corrected chi connectivity index (χ2v) is 8.17. The number of aromatic nitrogens is 5. The van der Waals surface area contributed by atoms with Crippen molar-refractivity contribution in [2.24, 2.45) is 0 Å². The van der Waals surface area contributed by atoms with Crippen LogP contribution in [0.15, 0.2) is 66.1 Å². The van der Waals surface area contributed by atoms with E-state index in [-0.39, 0.29) is 24.4 Å². The van der Waals surface area contributed by atoms with Gasteiger partial charge in [0.1, 0.15) is 18.3 Å². The summed E-state index contributed by atoms with van der Waals surface area (Å²) in [4.78, 5) is 67.3. The summed E-state index contributed by atoms with van der Waals surface area (Å²) in [7, 11) is 0. The highest BCUT2D eigenvalue weighted by molar-refractivity contribution is 5.96. The molecule has 0 aliphatic carbocycles. The molecule has 0 radical (unpaired) electrons. The van der Waals surface area contributed by atoms with Crippen LogP contribution in [0.25, 0.3) is 11.5 Å². The molecule has 14 heteroatoms. The van der Waals surface area contributed by atoms with Crippen LogP contribution in [0.1, 0.15) is 21.9 Å². The summed E-state index contributed by atoms with van der Waals surface area (Å²) in [6.07, 6.45) is 6.88. The third-order valence-corrected chi connectivity index (χ3v) is 5.39. The number of amides is 3. The van der Waals surface area contributed by atoms with Crippen LogP contribution in [0.3, 0.4) is 0 Å². The van der Waals surface area contributed by atoms with Crippen LogP contribution in [-0.2, 0) is 27.2 Å². The Hall–Kier alpha value is -5.27. The number of nitrogens with zero attached hydrogens (tertiary/aromatic N) is 3. The number of nitrogens with one attached hydrogen (secondary N) is 5. The van der Waals surface area contributed by atoms with Gasteiger partial charge in [0, 0.05) is 42.2 Å². The van der Waals surface area contributed by atoms with Crippen molar-refractivity contribution in [3.8, 4) is 11.5 Å². The van der Waals surface area contributed by atoms with Crippen LogP contribution < -0.4 is 16.0 Å². The number of aromatic amines is 2. The molecule has 3 aromatic heterocycles. The molecule has 0 aliphatic rings. The van der Waals surface area contributed by atoms with E-state index in [1.165, 1.54) is 31.3 Å². The number of carbonyl (C=O) groups excluding carboxylic acids is 3. The van der Waals surface area contributed by atoms with Gasteiger partial charge in [-0.25, -0.2) is 19.7 Å². The zero-order chi connectivity index (χ0) is 26.9. The number of H-pyrrole nitrogens is 2. The van der Waals surface area contributed by atoms with Gasteiger partial charge >= 0.3 is 5.97 Å². The van der Waals surface area contributed by atoms with Crippen LogP contribution in [0.4, 0.5) is 0 Å². The topological polar surface area (TPSA) is 208 Å². The predicted octanol–water partition coefficient (Wildman–Crippen LogP) is 0.0572. The number of hydrogen-bond acceptors (Lipinski definition) is 8. The van der Waals surface area contributed by atoms with Crippen LogP contribution in [0.5, 0.6) is 0 Å². The molecule has 0 fully saturated rings. The number of oxazole rings is 1. The smallest absolute Gasteiger partial charge is 0.326 e. The summed E-state index contributed by atoms with van der Waals surface area (Å²) in [5, 5.41) is 16.9. The number of carboxylic acids is 1. The Balaban J connectivity index is 1.36. The van der Waals surface area contributed by atoms with Crippen LogP contribution in [0.2, 0.25) is 0 Å². The van der Waals surface area contributed by atoms with Crippen molar-refractivity contribution >= 4 is 23.7 Å². The monoisotopic (exact) mass is 520 g/mol. The van der Waals surface area contributed by atoms with Crippen LogP contribution in [-0.4, -0.2) is 72.3 Å². The summed E-state index contributed by atoms with van der Waals surface area (Å²) in [6.45, 7) is -0.463. The minimum Gasteiger partial charge on any atom is -0.480 e. The van der Waals surface area contributed by atoms with E-state index in [9.17, 15) is 24.3 Å². The molecule has 4 rings (SSSR count). The first-order chi connectivity index (χ1) is 18.4. The highest BCUT2D eigenvalue weighted by Crippen LogP contribution is 2.17. The molecule has 3 heterocycles. The maximum atomic E-state index is 13.0. The lowest BCUT2D eigenvalue weighted by molar-refractivity contribution is -0.142. The summed E-state index contributed by atoms with van der Waals surface area (Å²) in [5.74, 6) is -3.06. The van der Waals surface area contributed by atoms with E-state index < -0.39 is 42.3 Å². The molecular formula is C24H24N8O6. The first-order valence-electron chi connectivity index (χ1n) is 11.4. The fraction of sp³-hybridized carbons (Fsp3) is 0.208. The Labute approximate surface area is 215 Å². The lowest BCUT2D eigenvalue weighted by Gasteiger charge is -2.21. The molecular weight excluding hydrogens is 496 g/mol. The van der Waals surface area contributed by atoms with Crippen molar-refractivity contribution < 1.29 is 28.7 Å². The van der Waals surface area contributed by atoms with Gasteiger partial charge in [0.2, 0.25) is 17.7 Å². The zero-order valence-electron chi connectivity index (χ0n) is 19.9. The number of hydrogen-bond donors (Lipinski definition) is 6. The second kappa shape index (κ2) is 12.1. The highest BCUT2D eigenvalue weighted by Gasteiger charge is 2.28. The van der Waals surface area contributed by atoms with E-state index in [1.807, 2.05) is 6.07 Å². The fourth-order valence-electron chi connectivity index (χ4n) is 3.50.